The molecule has 0 saturated heterocycles. The number of carbonyl (C=O) groups excluding carboxylic acids is 3. The molecule has 6 aliphatic rings. The summed E-state index contributed by atoms with van der Waals surface area (Å²) in [5, 5.41) is 28.6. The summed E-state index contributed by atoms with van der Waals surface area (Å²) in [5.74, 6) is -50.5. The summed E-state index contributed by atoms with van der Waals surface area (Å²) in [5.41, 5.74) is -9.29. The minimum atomic E-state index is -6.56. The van der Waals surface area contributed by atoms with Crippen LogP contribution in [0.1, 0.15) is 101 Å². The van der Waals surface area contributed by atoms with Crippen LogP contribution < -0.4 is 0 Å². The molecule has 6 fully saturated rings. The number of halogens is 21. The van der Waals surface area contributed by atoms with Crippen LogP contribution in [0, 0.1) is 87.5 Å². The van der Waals surface area contributed by atoms with Crippen molar-refractivity contribution in [3.05, 3.63) is 34.0 Å². The first-order valence-corrected chi connectivity index (χ1v) is 20.5. The zero-order chi connectivity index (χ0) is 54.7. The number of aliphatic hydroxyl groups excluding tert-OH is 3. The van der Waals surface area contributed by atoms with E-state index < -0.39 is 156 Å². The Morgan fingerprint density at radius 2 is 0.529 bits per heavy atom. The van der Waals surface area contributed by atoms with Gasteiger partial charge in [-0.05, 0) is 72.5 Å². The molecule has 28 heteroatoms. The first kappa shape index (κ1) is 61.7. The van der Waals surface area contributed by atoms with E-state index in [1.807, 2.05) is 0 Å². The van der Waals surface area contributed by atoms with Crippen molar-refractivity contribution in [3.8, 4) is 0 Å². The number of hydrogen-bond donors (Lipinski definition) is 3. The number of carbonyl (C=O) groups is 3. The maximum atomic E-state index is 13.7. The van der Waals surface area contributed by atoms with Crippen LogP contribution in [-0.2, 0) is 14.4 Å². The predicted molar refractivity (Wildman–Crippen MR) is 196 cm³/mol. The smallest absolute Gasteiger partial charge is 0.460 e. The van der Waals surface area contributed by atoms with E-state index in [0.717, 1.165) is 0 Å². The maximum absolute atomic E-state index is 13.7. The molecule has 70 heavy (non-hydrogen) atoms. The summed E-state index contributed by atoms with van der Waals surface area (Å²) in [6, 6.07) is 0. The second-order valence-corrected chi connectivity index (χ2v) is 20.6. The van der Waals surface area contributed by atoms with Gasteiger partial charge in [0.05, 0.1) is 0 Å². The van der Waals surface area contributed by atoms with Crippen LogP contribution in [0.2, 0.25) is 0 Å². The molecular weight excluding hydrogens is 1170 g/mol. The number of alkyl halides is 21. The Kier molecular flexibility index (Phi) is 15.0. The van der Waals surface area contributed by atoms with Crippen LogP contribution in [0.5, 0.6) is 0 Å². The van der Waals surface area contributed by atoms with Gasteiger partial charge in [-0.3, -0.25) is 14.4 Å². The third-order valence-corrected chi connectivity index (χ3v) is 16.9. The Morgan fingerprint density at radius 1 is 0.371 bits per heavy atom. The monoisotopic (exact) mass is 1210 g/mol. The van der Waals surface area contributed by atoms with Crippen molar-refractivity contribution in [1.29, 1.82) is 0 Å². The molecule has 0 aliphatic heterocycles. The topological polar surface area (TPSA) is 112 Å². The molecule has 0 aromatic heterocycles. The Labute approximate surface area is 414 Å². The first-order chi connectivity index (χ1) is 30.1. The van der Waals surface area contributed by atoms with Gasteiger partial charge in [0, 0.05) is 70.3 Å². The van der Waals surface area contributed by atoms with Crippen LogP contribution in [0.15, 0.2) is 34.0 Å². The second-order valence-electron chi connectivity index (χ2n) is 20.6. The minimum absolute atomic E-state index is 0. The molecule has 0 radical (unpaired) electrons. The average molecular weight is 1210 g/mol. The largest absolute Gasteiger partial charge is 0.506 e. The van der Waals surface area contributed by atoms with E-state index in [1.165, 1.54) is 20.8 Å². The van der Waals surface area contributed by atoms with E-state index in [1.54, 1.807) is 41.5 Å². The van der Waals surface area contributed by atoms with Gasteiger partial charge in [-0.2, -0.15) is 92.2 Å². The van der Waals surface area contributed by atoms with Gasteiger partial charge in [-0.25, -0.2) is 0 Å². The van der Waals surface area contributed by atoms with E-state index in [4.69, 9.17) is 0 Å². The SMILES string of the molecule is CC1(C)[C@@H]2CC[C@@]1(C)C(=O)/C2=C(\O)C(F)(F)C(F)(F)C(F)(F)F.CC1(C)[C@@H]2CC[C@@]1(C)C(=O)/C2=C(\O)C(F)(F)C(F)(F)C(F)(F)F.CC1(C)[C@@H]2CC[C@@]1(C)C(=O)/C2=C(\O)C(F)(F)C(F)(F)C(F)(F)F.[Er]. The van der Waals surface area contributed by atoms with E-state index in [9.17, 15) is 122 Å². The van der Waals surface area contributed by atoms with Gasteiger partial charge < -0.3 is 15.3 Å². The molecule has 6 atom stereocenters. The molecule has 0 amide bonds. The molecule has 0 spiro atoms. The van der Waals surface area contributed by atoms with Crippen molar-refractivity contribution in [2.75, 3.05) is 0 Å². The fourth-order valence-electron chi connectivity index (χ4n) is 10.9. The Balaban J connectivity index is 0.000000276. The number of rotatable bonds is 6. The van der Waals surface area contributed by atoms with Gasteiger partial charge in [0.25, 0.3) is 0 Å². The molecule has 0 aromatic rings. The normalized spacial score (nSPS) is 32.8. The van der Waals surface area contributed by atoms with Crippen molar-refractivity contribution in [2.45, 2.75) is 155 Å². The summed E-state index contributed by atoms with van der Waals surface area (Å²) < 4.78 is 271. The van der Waals surface area contributed by atoms with Crippen LogP contribution >= 0.6 is 0 Å². The van der Waals surface area contributed by atoms with Gasteiger partial charge in [0.1, 0.15) is 0 Å². The van der Waals surface area contributed by atoms with Gasteiger partial charge >= 0.3 is 54.1 Å². The van der Waals surface area contributed by atoms with Crippen molar-refractivity contribution < 1.29 is 159 Å². The number of ketones is 3. The molecule has 0 aromatic carbocycles. The Hall–Kier alpha value is -2.59. The summed E-state index contributed by atoms with van der Waals surface area (Å²) >= 11 is 0. The molecular formula is C42H45ErF21O6. The molecule has 6 aliphatic carbocycles. The van der Waals surface area contributed by atoms with Crippen LogP contribution in [0.4, 0.5) is 92.2 Å². The molecule has 6 nitrogen and oxygen atoms in total. The molecule has 0 unspecified atom stereocenters. The molecule has 6 bridgehead atoms. The van der Waals surface area contributed by atoms with Crippen molar-refractivity contribution in [3.63, 3.8) is 0 Å². The first-order valence-electron chi connectivity index (χ1n) is 20.5. The second kappa shape index (κ2) is 17.0. The summed E-state index contributed by atoms with van der Waals surface area (Å²) in [7, 11) is 0. The fraction of sp³-hybridized carbons (Fsp3) is 0.786. The number of hydrogen-bond acceptors (Lipinski definition) is 6. The standard InChI is InChI=1S/3C14H15F7O2.Er/c3*1-10(2)6-4-5-11(10,3)8(22)7(6)9(23)12(15,16)13(17,18)14(19,20)21;/h3*6,23H,4-5H2,1-3H3;/b3*9-7-;/t3*6-,11+;/m111./s1. The minimum Gasteiger partial charge on any atom is -0.506 e. The number of aliphatic hydroxyl groups is 3. The zero-order valence-corrected chi connectivity index (χ0v) is 39.6. The van der Waals surface area contributed by atoms with Crippen LogP contribution in [0.25, 0.3) is 0 Å². The van der Waals surface area contributed by atoms with E-state index in [0.29, 0.717) is 19.3 Å². The number of allylic oxidation sites excluding steroid dienone is 6. The molecule has 3 N–H and O–H groups in total. The Bertz CT molecular complexity index is 2020. The quantitative estimate of drug-likeness (QED) is 0.139. The van der Waals surface area contributed by atoms with Crippen molar-refractivity contribution >= 4 is 17.3 Å². The van der Waals surface area contributed by atoms with Crippen LogP contribution in [-0.4, -0.2) is 86.7 Å². The third-order valence-electron chi connectivity index (χ3n) is 16.9. The van der Waals surface area contributed by atoms with Gasteiger partial charge in [-0.15, -0.1) is 0 Å². The molecule has 408 valence electrons. The van der Waals surface area contributed by atoms with Gasteiger partial charge in [-0.1, -0.05) is 62.3 Å². The van der Waals surface area contributed by atoms with E-state index in [-0.39, 0.29) is 56.6 Å². The Morgan fingerprint density at radius 3 is 0.643 bits per heavy atom. The number of Topliss-reactive ketones (excluding diaryl/α,β-unsaturated/α-hetero) is 3. The van der Waals surface area contributed by atoms with Gasteiger partial charge in [0.15, 0.2) is 34.6 Å². The number of fused-ring (bicyclic) bond motifs is 6. The summed E-state index contributed by atoms with van der Waals surface area (Å²) in [6.07, 6.45) is -18.3. The summed E-state index contributed by atoms with van der Waals surface area (Å²) in [6.45, 7) is 13.6. The molecule has 6 rings (SSSR count). The van der Waals surface area contributed by atoms with Crippen molar-refractivity contribution in [1.82, 2.24) is 0 Å². The predicted octanol–water partition coefficient (Wildman–Crippen LogP) is 14.0. The fourth-order valence-corrected chi connectivity index (χ4v) is 10.9. The van der Waals surface area contributed by atoms with Crippen LogP contribution in [0.3, 0.4) is 0 Å². The average Bonchev–Trinajstić information content (AvgIpc) is 3.79. The molecule has 0 heterocycles. The molecule has 6 saturated carbocycles. The van der Waals surface area contributed by atoms with E-state index in [2.05, 4.69) is 0 Å². The third kappa shape index (κ3) is 7.81. The van der Waals surface area contributed by atoms with Crippen molar-refractivity contribution in [2.24, 2.45) is 50.2 Å². The van der Waals surface area contributed by atoms with Gasteiger partial charge in [0.2, 0.25) is 0 Å². The summed E-state index contributed by atoms with van der Waals surface area (Å²) in [4.78, 5) is 36.9. The van der Waals surface area contributed by atoms with E-state index >= 15 is 0 Å². The zero-order valence-electron chi connectivity index (χ0n) is 37.8. The maximum Gasteiger partial charge on any atom is 0.460 e.